The number of nitrogens with one attached hydrogen (secondary N) is 1. The molecule has 0 fully saturated rings. The molecule has 0 saturated carbocycles. The number of likely N-dealkylation sites (N-methyl/N-ethyl adjacent to an activating group) is 1. The SMILES string of the molecule is CCCNC(=O)C(C)N(C)c1ccncc1N. The summed E-state index contributed by atoms with van der Waals surface area (Å²) in [6.07, 6.45) is 4.18. The number of nitrogens with two attached hydrogens (primary N) is 1. The van der Waals surface area contributed by atoms with Crippen LogP contribution in [0, 0.1) is 0 Å². The summed E-state index contributed by atoms with van der Waals surface area (Å²) in [6, 6.07) is 1.55. The zero-order chi connectivity index (χ0) is 12.8. The van der Waals surface area contributed by atoms with Gasteiger partial charge in [-0.15, -0.1) is 0 Å². The van der Waals surface area contributed by atoms with Crippen LogP contribution in [0.15, 0.2) is 18.5 Å². The second kappa shape index (κ2) is 6.08. The fourth-order valence-corrected chi connectivity index (χ4v) is 1.50. The predicted molar refractivity (Wildman–Crippen MR) is 69.8 cm³/mol. The van der Waals surface area contributed by atoms with Gasteiger partial charge in [-0.25, -0.2) is 0 Å². The summed E-state index contributed by atoms with van der Waals surface area (Å²) < 4.78 is 0. The number of amides is 1. The molecule has 0 saturated heterocycles. The van der Waals surface area contributed by atoms with E-state index in [1.165, 1.54) is 0 Å². The maximum absolute atomic E-state index is 11.8. The number of nitrogens with zero attached hydrogens (tertiary/aromatic N) is 2. The van der Waals surface area contributed by atoms with E-state index < -0.39 is 0 Å². The molecule has 1 aromatic heterocycles. The van der Waals surface area contributed by atoms with Gasteiger partial charge in [-0.2, -0.15) is 0 Å². The van der Waals surface area contributed by atoms with E-state index in [2.05, 4.69) is 10.3 Å². The highest BCUT2D eigenvalue weighted by atomic mass is 16.2. The Morgan fingerprint density at radius 2 is 2.35 bits per heavy atom. The minimum atomic E-state index is -0.258. The molecule has 1 rings (SSSR count). The lowest BCUT2D eigenvalue weighted by Gasteiger charge is -2.26. The molecule has 0 aliphatic carbocycles. The lowest BCUT2D eigenvalue weighted by Crippen LogP contribution is -2.43. The average molecular weight is 236 g/mol. The minimum absolute atomic E-state index is 0.00515. The Labute approximate surface area is 102 Å². The van der Waals surface area contributed by atoms with E-state index in [4.69, 9.17) is 5.73 Å². The molecule has 1 amide bonds. The monoisotopic (exact) mass is 236 g/mol. The van der Waals surface area contributed by atoms with Crippen LogP contribution in [0.5, 0.6) is 0 Å². The van der Waals surface area contributed by atoms with Crippen molar-refractivity contribution in [3.63, 3.8) is 0 Å². The van der Waals surface area contributed by atoms with Gasteiger partial charge in [0.05, 0.1) is 17.6 Å². The number of anilines is 2. The zero-order valence-corrected chi connectivity index (χ0v) is 10.6. The second-order valence-electron chi connectivity index (χ2n) is 4.01. The topological polar surface area (TPSA) is 71.2 Å². The fraction of sp³-hybridized carbons (Fsp3) is 0.500. The van der Waals surface area contributed by atoms with Crippen molar-refractivity contribution in [3.05, 3.63) is 18.5 Å². The predicted octanol–water partition coefficient (Wildman–Crippen LogP) is 1.01. The van der Waals surface area contributed by atoms with Gasteiger partial charge in [-0.1, -0.05) is 6.92 Å². The van der Waals surface area contributed by atoms with Crippen molar-refractivity contribution in [1.29, 1.82) is 0 Å². The zero-order valence-electron chi connectivity index (χ0n) is 10.6. The van der Waals surface area contributed by atoms with Gasteiger partial charge in [-0.05, 0) is 19.4 Å². The van der Waals surface area contributed by atoms with Crippen LogP contribution in [0.4, 0.5) is 11.4 Å². The number of aromatic nitrogens is 1. The van der Waals surface area contributed by atoms with Crippen molar-refractivity contribution in [2.24, 2.45) is 0 Å². The average Bonchev–Trinajstić information content (AvgIpc) is 2.34. The number of carbonyl (C=O) groups excluding carboxylic acids is 1. The molecule has 0 spiro atoms. The Balaban J connectivity index is 2.72. The first-order valence-electron chi connectivity index (χ1n) is 5.78. The third kappa shape index (κ3) is 3.34. The van der Waals surface area contributed by atoms with Gasteiger partial charge in [0.2, 0.25) is 5.91 Å². The molecular formula is C12H20N4O. The third-order valence-corrected chi connectivity index (χ3v) is 2.72. The molecule has 5 nitrogen and oxygen atoms in total. The van der Waals surface area contributed by atoms with Crippen molar-refractivity contribution in [1.82, 2.24) is 10.3 Å². The maximum atomic E-state index is 11.8. The van der Waals surface area contributed by atoms with Crippen LogP contribution in [0.3, 0.4) is 0 Å². The van der Waals surface area contributed by atoms with Gasteiger partial charge in [0.15, 0.2) is 0 Å². The van der Waals surface area contributed by atoms with E-state index >= 15 is 0 Å². The molecule has 0 aliphatic heterocycles. The molecule has 17 heavy (non-hydrogen) atoms. The molecule has 5 heteroatoms. The first kappa shape index (κ1) is 13.3. The lowest BCUT2D eigenvalue weighted by molar-refractivity contribution is -0.121. The van der Waals surface area contributed by atoms with Crippen molar-refractivity contribution < 1.29 is 4.79 Å². The summed E-state index contributed by atoms with van der Waals surface area (Å²) in [6.45, 7) is 4.57. The molecule has 0 bridgehead atoms. The number of carbonyl (C=O) groups is 1. The van der Waals surface area contributed by atoms with Crippen LogP contribution >= 0.6 is 0 Å². The number of rotatable bonds is 5. The molecule has 0 aliphatic rings. The van der Waals surface area contributed by atoms with Crippen LogP contribution in [-0.2, 0) is 4.79 Å². The Kier molecular flexibility index (Phi) is 4.75. The van der Waals surface area contributed by atoms with Crippen LogP contribution in [0.25, 0.3) is 0 Å². The molecule has 3 N–H and O–H groups in total. The first-order valence-corrected chi connectivity index (χ1v) is 5.78. The molecule has 94 valence electrons. The second-order valence-corrected chi connectivity index (χ2v) is 4.01. The number of nitrogen functional groups attached to an aromatic ring is 1. The Morgan fingerprint density at radius 1 is 1.65 bits per heavy atom. The highest BCUT2D eigenvalue weighted by Gasteiger charge is 2.19. The lowest BCUT2D eigenvalue weighted by atomic mass is 10.2. The molecule has 1 heterocycles. The molecule has 1 atom stereocenters. The van der Waals surface area contributed by atoms with E-state index in [0.29, 0.717) is 12.2 Å². The summed E-state index contributed by atoms with van der Waals surface area (Å²) in [5.41, 5.74) is 7.22. The van der Waals surface area contributed by atoms with Crippen LogP contribution < -0.4 is 16.0 Å². The molecule has 1 unspecified atom stereocenters. The van der Waals surface area contributed by atoms with Crippen molar-refractivity contribution in [3.8, 4) is 0 Å². The number of pyridine rings is 1. The van der Waals surface area contributed by atoms with Crippen molar-refractivity contribution in [2.75, 3.05) is 24.2 Å². The van der Waals surface area contributed by atoms with Crippen LogP contribution in [0.2, 0.25) is 0 Å². The largest absolute Gasteiger partial charge is 0.396 e. The van der Waals surface area contributed by atoms with Gasteiger partial charge in [-0.3, -0.25) is 9.78 Å². The number of hydrogen-bond donors (Lipinski definition) is 2. The highest BCUT2D eigenvalue weighted by Crippen LogP contribution is 2.21. The van der Waals surface area contributed by atoms with Crippen LogP contribution in [0.1, 0.15) is 20.3 Å². The van der Waals surface area contributed by atoms with E-state index in [0.717, 1.165) is 12.1 Å². The first-order chi connectivity index (χ1) is 8.07. The normalized spacial score (nSPS) is 11.9. The summed E-state index contributed by atoms with van der Waals surface area (Å²) in [5.74, 6) is 0.00515. The van der Waals surface area contributed by atoms with E-state index in [1.54, 1.807) is 18.5 Å². The summed E-state index contributed by atoms with van der Waals surface area (Å²) >= 11 is 0. The smallest absolute Gasteiger partial charge is 0.242 e. The minimum Gasteiger partial charge on any atom is -0.396 e. The van der Waals surface area contributed by atoms with Gasteiger partial charge >= 0.3 is 0 Å². The van der Waals surface area contributed by atoms with Gasteiger partial charge in [0.1, 0.15) is 6.04 Å². The van der Waals surface area contributed by atoms with E-state index in [1.807, 2.05) is 25.8 Å². The maximum Gasteiger partial charge on any atom is 0.242 e. The van der Waals surface area contributed by atoms with Gasteiger partial charge in [0, 0.05) is 19.8 Å². The molecule has 1 aromatic rings. The number of hydrogen-bond acceptors (Lipinski definition) is 4. The summed E-state index contributed by atoms with van der Waals surface area (Å²) in [5, 5.41) is 2.87. The Morgan fingerprint density at radius 3 is 2.94 bits per heavy atom. The summed E-state index contributed by atoms with van der Waals surface area (Å²) in [4.78, 5) is 17.6. The Hall–Kier alpha value is -1.78. The standard InChI is InChI=1S/C12H20N4O/c1-4-6-15-12(17)9(2)16(3)11-5-7-14-8-10(11)13/h5,7-9H,4,6,13H2,1-3H3,(H,15,17). The molecule has 0 radical (unpaired) electrons. The fourth-order valence-electron chi connectivity index (χ4n) is 1.50. The van der Waals surface area contributed by atoms with Gasteiger partial charge < -0.3 is 16.0 Å². The van der Waals surface area contributed by atoms with Crippen LogP contribution in [-0.4, -0.2) is 30.5 Å². The van der Waals surface area contributed by atoms with E-state index in [9.17, 15) is 4.79 Å². The van der Waals surface area contributed by atoms with Crippen molar-refractivity contribution in [2.45, 2.75) is 26.3 Å². The molecular weight excluding hydrogens is 216 g/mol. The Bertz CT molecular complexity index is 381. The summed E-state index contributed by atoms with van der Waals surface area (Å²) in [7, 11) is 1.85. The van der Waals surface area contributed by atoms with Gasteiger partial charge in [0.25, 0.3) is 0 Å². The quantitative estimate of drug-likeness (QED) is 0.800. The molecule has 0 aromatic carbocycles. The highest BCUT2D eigenvalue weighted by molar-refractivity contribution is 5.85. The van der Waals surface area contributed by atoms with E-state index in [-0.39, 0.29) is 11.9 Å². The third-order valence-electron chi connectivity index (χ3n) is 2.72. The van der Waals surface area contributed by atoms with Crippen molar-refractivity contribution >= 4 is 17.3 Å².